The molecule has 2 amide bonds. The quantitative estimate of drug-likeness (QED) is 0.179. The van der Waals surface area contributed by atoms with Crippen molar-refractivity contribution >= 4 is 35.7 Å². The summed E-state index contributed by atoms with van der Waals surface area (Å²) in [6, 6.07) is -0.187. The summed E-state index contributed by atoms with van der Waals surface area (Å²) in [6.45, 7) is 18.2. The molecule has 0 aliphatic rings. The van der Waals surface area contributed by atoms with Crippen LogP contribution in [0.2, 0.25) is 0 Å². The van der Waals surface area contributed by atoms with Gasteiger partial charge in [0.2, 0.25) is 0 Å². The summed E-state index contributed by atoms with van der Waals surface area (Å²) < 4.78 is 15.0. The number of esters is 1. The Labute approximate surface area is 221 Å². The zero-order valence-corrected chi connectivity index (χ0v) is 24.4. The number of amides is 2. The van der Waals surface area contributed by atoms with Crippen LogP contribution in [0.3, 0.4) is 0 Å². The van der Waals surface area contributed by atoms with Crippen molar-refractivity contribution in [2.75, 3.05) is 19.2 Å². The Morgan fingerprint density at radius 1 is 0.694 bits per heavy atom. The number of aliphatic carboxylic acids is 1. The molecule has 10 nitrogen and oxygen atoms in total. The number of nitrogens with one attached hydrogen (secondary N) is 2. The summed E-state index contributed by atoms with van der Waals surface area (Å²) in [4.78, 5) is 46.2. The van der Waals surface area contributed by atoms with Crippen LogP contribution in [0, 0.1) is 10.8 Å². The Hall–Kier alpha value is -2.23. The molecule has 0 aliphatic heterocycles. The minimum absolute atomic E-state index is 0.0875. The number of alkyl carbamates (subject to hydrolysis) is 2. The van der Waals surface area contributed by atoms with E-state index in [2.05, 4.69) is 10.6 Å². The van der Waals surface area contributed by atoms with Gasteiger partial charge < -0.3 is 30.0 Å². The van der Waals surface area contributed by atoms with E-state index in [0.717, 1.165) is 0 Å². The number of carboxylic acids is 1. The van der Waals surface area contributed by atoms with E-state index in [1.165, 1.54) is 0 Å². The fraction of sp³-hybridized carbons (Fsp3) is 0.840. The third kappa shape index (κ3) is 13.8. The van der Waals surface area contributed by atoms with Gasteiger partial charge in [0.15, 0.2) is 6.07 Å². The number of carboxylic acid groups (broad SMARTS) is 1. The third-order valence-corrected chi connectivity index (χ3v) is 5.83. The normalized spacial score (nSPS) is 12.0. The molecule has 0 aromatic heterocycles. The van der Waals surface area contributed by atoms with Crippen LogP contribution in [0.5, 0.6) is 0 Å². The molecular weight excluding hydrogens is 492 g/mol. The van der Waals surface area contributed by atoms with Crippen molar-refractivity contribution < 1.29 is 38.5 Å². The maximum absolute atomic E-state index is 11.9. The third-order valence-electron chi connectivity index (χ3n) is 5.72. The lowest BCUT2D eigenvalue weighted by molar-refractivity contribution is -0.154. The van der Waals surface area contributed by atoms with Crippen LogP contribution in [0.25, 0.3) is 0 Å². The molecule has 0 spiro atoms. The summed E-state index contributed by atoms with van der Waals surface area (Å²) in [5, 5.41) is 14.3. The predicted octanol–water partition coefficient (Wildman–Crippen LogP) is 5.46. The first-order valence-electron chi connectivity index (χ1n) is 12.3. The molecular formula is C25H47ClN2O8. The summed E-state index contributed by atoms with van der Waals surface area (Å²) in [5.74, 6) is -1.29. The van der Waals surface area contributed by atoms with Crippen LogP contribution in [0.4, 0.5) is 9.59 Å². The minimum Gasteiger partial charge on any atom is -0.481 e. The largest absolute Gasteiger partial charge is 0.481 e. The minimum atomic E-state index is -0.906. The van der Waals surface area contributed by atoms with Crippen LogP contribution in [-0.2, 0) is 23.8 Å². The number of carbonyl (C=O) groups is 4. The maximum Gasteiger partial charge on any atom is 0.407 e. The van der Waals surface area contributed by atoms with Crippen LogP contribution >= 0.6 is 11.6 Å². The highest BCUT2D eigenvalue weighted by Crippen LogP contribution is 2.28. The van der Waals surface area contributed by atoms with Gasteiger partial charge in [-0.15, -0.1) is 0 Å². The highest BCUT2D eigenvalue weighted by molar-refractivity contribution is 6.17. The Balaban J connectivity index is 0. The summed E-state index contributed by atoms with van der Waals surface area (Å²) in [7, 11) is 0. The molecule has 0 heterocycles. The molecule has 36 heavy (non-hydrogen) atoms. The zero-order valence-electron chi connectivity index (χ0n) is 23.6. The highest BCUT2D eigenvalue weighted by atomic mass is 35.5. The lowest BCUT2D eigenvalue weighted by Gasteiger charge is -2.29. The van der Waals surface area contributed by atoms with Crippen LogP contribution in [0.1, 0.15) is 94.9 Å². The van der Waals surface area contributed by atoms with Gasteiger partial charge in [-0.2, -0.15) is 0 Å². The van der Waals surface area contributed by atoms with Gasteiger partial charge in [-0.3, -0.25) is 9.59 Å². The SMILES string of the molecule is CCC(CC)(CNC(=O)OC(C)(C)C)C(=O)O.CCC(CC)(CNC(=O)OC(C)(C)C)C(=O)OCCl. The van der Waals surface area contributed by atoms with Gasteiger partial charge in [0.05, 0.1) is 10.8 Å². The van der Waals surface area contributed by atoms with Gasteiger partial charge in [0.25, 0.3) is 0 Å². The maximum atomic E-state index is 11.9. The molecule has 0 unspecified atom stereocenters. The fourth-order valence-corrected chi connectivity index (χ4v) is 3.15. The molecule has 0 rings (SSSR count). The second kappa shape index (κ2) is 15.8. The number of hydrogen-bond acceptors (Lipinski definition) is 7. The van der Waals surface area contributed by atoms with E-state index >= 15 is 0 Å². The number of halogens is 1. The predicted molar refractivity (Wildman–Crippen MR) is 139 cm³/mol. The number of alkyl halides is 1. The fourth-order valence-electron chi connectivity index (χ4n) is 3.05. The number of carbonyl (C=O) groups excluding carboxylic acids is 3. The Kier molecular flexibility index (Phi) is 15.8. The molecule has 0 saturated heterocycles. The van der Waals surface area contributed by atoms with Crippen LogP contribution in [-0.4, -0.2) is 59.6 Å². The van der Waals surface area contributed by atoms with E-state index in [1.54, 1.807) is 55.4 Å². The van der Waals surface area contributed by atoms with Crippen LogP contribution < -0.4 is 10.6 Å². The molecule has 11 heteroatoms. The zero-order chi connectivity index (χ0) is 28.8. The second-order valence-electron chi connectivity index (χ2n) is 10.5. The molecule has 0 fully saturated rings. The highest BCUT2D eigenvalue weighted by Gasteiger charge is 2.37. The molecule has 0 radical (unpaired) electrons. The van der Waals surface area contributed by atoms with Crippen molar-refractivity contribution in [1.29, 1.82) is 0 Å². The molecule has 0 saturated carbocycles. The van der Waals surface area contributed by atoms with Crippen molar-refractivity contribution in [3.8, 4) is 0 Å². The smallest absolute Gasteiger partial charge is 0.407 e. The topological polar surface area (TPSA) is 140 Å². The number of rotatable bonds is 11. The van der Waals surface area contributed by atoms with Gasteiger partial charge in [-0.1, -0.05) is 39.3 Å². The van der Waals surface area contributed by atoms with E-state index in [4.69, 9.17) is 25.8 Å². The van der Waals surface area contributed by atoms with Gasteiger partial charge in [-0.05, 0) is 67.2 Å². The van der Waals surface area contributed by atoms with Crippen LogP contribution in [0.15, 0.2) is 0 Å². The van der Waals surface area contributed by atoms with Crippen molar-refractivity contribution in [1.82, 2.24) is 10.6 Å². The second-order valence-corrected chi connectivity index (χ2v) is 10.8. The van der Waals surface area contributed by atoms with E-state index in [9.17, 15) is 24.3 Å². The summed E-state index contributed by atoms with van der Waals surface area (Å²) in [6.07, 6.45) is 0.912. The van der Waals surface area contributed by atoms with Gasteiger partial charge in [0.1, 0.15) is 11.2 Å². The summed E-state index contributed by atoms with van der Waals surface area (Å²) >= 11 is 5.41. The first kappa shape index (κ1) is 35.9. The first-order valence-corrected chi connectivity index (χ1v) is 12.8. The van der Waals surface area contributed by atoms with Crippen molar-refractivity contribution in [3.05, 3.63) is 0 Å². The average molecular weight is 539 g/mol. The molecule has 0 aromatic rings. The number of ether oxygens (including phenoxy) is 3. The van der Waals surface area contributed by atoms with Crippen molar-refractivity contribution in [2.45, 2.75) is 106 Å². The monoisotopic (exact) mass is 538 g/mol. The molecule has 0 aliphatic carbocycles. The summed E-state index contributed by atoms with van der Waals surface area (Å²) in [5.41, 5.74) is -2.81. The lowest BCUT2D eigenvalue weighted by Crippen LogP contribution is -2.44. The Morgan fingerprint density at radius 2 is 1.03 bits per heavy atom. The Morgan fingerprint density at radius 3 is 1.28 bits per heavy atom. The van der Waals surface area contributed by atoms with Gasteiger partial charge in [0, 0.05) is 13.1 Å². The van der Waals surface area contributed by atoms with E-state index < -0.39 is 46.2 Å². The standard InChI is InChI=1S/C13H24ClNO4.C12H23NO4/c1-6-13(7-2,10(16)18-9-14)8-15-11(17)19-12(3,4)5;1-6-12(7-2,9(14)15)8-13-10(16)17-11(3,4)5/h6-9H2,1-5H3,(H,15,17);6-8H2,1-5H3,(H,13,16)(H,14,15). The Bertz CT molecular complexity index is 706. The molecule has 0 aromatic carbocycles. The number of hydrogen-bond donors (Lipinski definition) is 3. The molecule has 3 N–H and O–H groups in total. The van der Waals surface area contributed by atoms with Crippen molar-refractivity contribution in [2.24, 2.45) is 10.8 Å². The van der Waals surface area contributed by atoms with Gasteiger partial charge >= 0.3 is 24.1 Å². The first-order chi connectivity index (χ1) is 16.4. The molecule has 0 atom stereocenters. The van der Waals surface area contributed by atoms with Crippen molar-refractivity contribution in [3.63, 3.8) is 0 Å². The van der Waals surface area contributed by atoms with E-state index in [-0.39, 0.29) is 19.2 Å². The molecule has 0 bridgehead atoms. The average Bonchev–Trinajstić information content (AvgIpc) is 2.74. The lowest BCUT2D eigenvalue weighted by atomic mass is 9.82. The molecule has 212 valence electrons. The van der Waals surface area contributed by atoms with E-state index in [1.807, 2.05) is 13.8 Å². The van der Waals surface area contributed by atoms with E-state index in [0.29, 0.717) is 25.7 Å². The van der Waals surface area contributed by atoms with Gasteiger partial charge in [-0.25, -0.2) is 9.59 Å².